The highest BCUT2D eigenvalue weighted by Crippen LogP contribution is 2.29. The summed E-state index contributed by atoms with van der Waals surface area (Å²) in [6.07, 6.45) is 7.59. The van der Waals surface area contributed by atoms with E-state index in [9.17, 15) is 9.59 Å². The van der Waals surface area contributed by atoms with E-state index in [-0.39, 0.29) is 18.1 Å². The van der Waals surface area contributed by atoms with Crippen LogP contribution in [-0.2, 0) is 38.9 Å². The number of carboxylic acid groups (broad SMARTS) is 1. The van der Waals surface area contributed by atoms with Crippen molar-refractivity contribution in [3.05, 3.63) is 71.8 Å². The van der Waals surface area contributed by atoms with Crippen LogP contribution < -0.4 is 0 Å². The number of hydrogen-bond donors (Lipinski definition) is 2. The molecule has 14 nitrogen and oxygen atoms in total. The minimum absolute atomic E-state index is 0. The molecule has 0 aliphatic heterocycles. The predicted octanol–water partition coefficient (Wildman–Crippen LogP) is 13.2. The van der Waals surface area contributed by atoms with Crippen LogP contribution in [0.25, 0.3) is 0 Å². The minimum Gasteiger partial charge on any atom is -0.870 e. The number of esters is 1. The fourth-order valence-corrected chi connectivity index (χ4v) is 43.5. The van der Waals surface area contributed by atoms with Gasteiger partial charge in [0.25, 0.3) is 0 Å². The second kappa shape index (κ2) is 34.3. The molecule has 22 heteroatoms. The van der Waals surface area contributed by atoms with Gasteiger partial charge in [-0.2, -0.15) is 0 Å². The van der Waals surface area contributed by atoms with Gasteiger partial charge in [0, 0.05) is 33.0 Å². The zero-order chi connectivity index (χ0) is 53.1. The number of carbonyl (C=O) groups excluding carboxylic acids is 1. The third kappa shape index (κ3) is 41.1. The molecule has 0 fully saturated rings. The molecule has 0 aliphatic carbocycles. The van der Waals surface area contributed by atoms with Crippen molar-refractivity contribution < 1.29 is 64.2 Å². The maximum Gasteiger partial charge on any atom is 0.338 e. The van der Waals surface area contributed by atoms with Crippen LogP contribution in [0, 0.1) is 0 Å². The second-order valence-electron chi connectivity index (χ2n) is 22.6. The summed E-state index contributed by atoms with van der Waals surface area (Å²) < 4.78 is 56.3. The van der Waals surface area contributed by atoms with Gasteiger partial charge in [-0.1, -0.05) is 36.4 Å². The Morgan fingerprint density at radius 3 is 1.07 bits per heavy atom. The van der Waals surface area contributed by atoms with Crippen LogP contribution in [-0.4, -0.2) is 135 Å². The Kier molecular flexibility index (Phi) is 34.7. The third-order valence-electron chi connectivity index (χ3n) is 9.05. The molecule has 2 unspecified atom stereocenters. The van der Waals surface area contributed by atoms with E-state index in [1.54, 1.807) is 42.5 Å². The summed E-state index contributed by atoms with van der Waals surface area (Å²) in [4.78, 5) is 22.1. The van der Waals surface area contributed by atoms with E-state index < -0.39 is 73.5 Å². The number of unbranched alkanes of at least 4 members (excludes halogenated alkanes) is 4. The predicted molar refractivity (Wildman–Crippen MR) is 305 cm³/mol. The molecule has 0 heterocycles. The minimum atomic E-state index is -2.35. The van der Waals surface area contributed by atoms with Crippen LogP contribution in [0.15, 0.2) is 60.7 Å². The molecule has 0 bridgehead atoms. The fraction of sp³-hybridized carbons (Fsp3) is 0.708. The molecule has 2 atom stereocenters. The fourth-order valence-electron chi connectivity index (χ4n) is 7.67. The molecule has 3 N–H and O–H groups in total. The molecule has 0 aliphatic rings. The van der Waals surface area contributed by atoms with Gasteiger partial charge in [0.15, 0.2) is 33.3 Å². The molecule has 0 saturated carbocycles. The SMILES string of the molecule is C[Si](C)(C)O[Si](C)(C)O[Si](C)(CCCOCCCCCO)O[Si](C)(C)C.C[Si](C)(C)O[Si](C)(C)O[Si](C)(CCCOCCCCCOC(=O)c1ccccc1)O[Si](C)(C)C.O=C(O)c1ccccc1.[OH-]. The number of carbonyl (C=O) groups is 2. The van der Waals surface area contributed by atoms with Crippen molar-refractivity contribution in [2.45, 2.75) is 181 Å². The Morgan fingerprint density at radius 2 is 0.743 bits per heavy atom. The zero-order valence-corrected chi connectivity index (χ0v) is 54.9. The van der Waals surface area contributed by atoms with Gasteiger partial charge < -0.3 is 54.6 Å². The van der Waals surface area contributed by atoms with E-state index in [0.717, 1.165) is 83.3 Å². The molecule has 0 amide bonds. The van der Waals surface area contributed by atoms with Gasteiger partial charge in [0.05, 0.1) is 17.7 Å². The number of hydrogen-bond acceptors (Lipinski definition) is 13. The first kappa shape index (κ1) is 70.8. The maximum atomic E-state index is 11.9. The lowest BCUT2D eigenvalue weighted by atomic mass is 10.2. The van der Waals surface area contributed by atoms with Crippen LogP contribution in [0.1, 0.15) is 72.1 Å². The smallest absolute Gasteiger partial charge is 0.338 e. The van der Waals surface area contributed by atoms with Crippen LogP contribution in [0.5, 0.6) is 0 Å². The van der Waals surface area contributed by atoms with E-state index in [4.69, 9.17) is 49.1 Å². The Morgan fingerprint density at radius 1 is 0.414 bits per heavy atom. The average Bonchev–Trinajstić information content (AvgIpc) is 3.16. The molecule has 2 aromatic rings. The molecule has 0 radical (unpaired) electrons. The number of benzene rings is 2. The van der Waals surface area contributed by atoms with Crippen molar-refractivity contribution in [2.75, 3.05) is 39.6 Å². The zero-order valence-electron chi connectivity index (χ0n) is 46.9. The summed E-state index contributed by atoms with van der Waals surface area (Å²) >= 11 is 0. The van der Waals surface area contributed by atoms with E-state index in [2.05, 4.69) is 118 Å². The number of aliphatic hydroxyl groups excluding tert-OH is 1. The number of rotatable bonds is 33. The molecule has 2 rings (SSSR count). The van der Waals surface area contributed by atoms with Gasteiger partial charge in [-0.15, -0.1) is 0 Å². The lowest BCUT2D eigenvalue weighted by Gasteiger charge is -2.41. The molecule has 70 heavy (non-hydrogen) atoms. The summed E-state index contributed by atoms with van der Waals surface area (Å²) in [5.41, 5.74) is 0.930. The van der Waals surface area contributed by atoms with Gasteiger partial charge in [0.1, 0.15) is 0 Å². The standard InChI is InChI=1S/C24H48O6Si4.C17H44O5Si4.C7H6O2.H2O/c1-31(2,3)28-33(7,8)30-34(9,29-32(4,5)6)22-16-20-26-19-14-11-15-21-27-24(25)23-17-12-10-13-18-23;1-23(2,3)20-25(7,8)22-26(9,21-24(4,5)6)17-13-16-19-15-12-10-11-14-18;8-7(9)6-4-2-1-3-5-6;/h10,12-13,17-18H,11,14-16,19-22H2,1-9H3;18H,10-17H2,1-9H3;1-5H,(H,8,9);1H2/p-1. The Balaban J connectivity index is 0. The van der Waals surface area contributed by atoms with Gasteiger partial charge in [-0.3, -0.25) is 0 Å². The third-order valence-corrected chi connectivity index (χ3v) is 36.1. The van der Waals surface area contributed by atoms with Crippen molar-refractivity contribution in [1.29, 1.82) is 0 Å². The van der Waals surface area contributed by atoms with Crippen molar-refractivity contribution in [2.24, 2.45) is 0 Å². The first-order valence-electron chi connectivity index (χ1n) is 25.1. The number of aromatic carboxylic acids is 1. The molecule has 0 aromatic heterocycles. The summed E-state index contributed by atoms with van der Waals surface area (Å²) in [5, 5.41) is 17.2. The molecule has 408 valence electrons. The van der Waals surface area contributed by atoms with Gasteiger partial charge >= 0.3 is 46.2 Å². The maximum absolute atomic E-state index is 11.9. The van der Waals surface area contributed by atoms with Crippen LogP contribution in [0.2, 0.25) is 130 Å². The normalized spacial score (nSPS) is 14.2. The lowest BCUT2D eigenvalue weighted by molar-refractivity contribution is 0.0493. The molecular formula is C48H99O14Si8-. The quantitative estimate of drug-likeness (QED) is 0.0390. The Hall–Kier alpha value is -1.28. The lowest BCUT2D eigenvalue weighted by Crippen LogP contribution is -2.56. The molecule has 0 saturated heterocycles. The summed E-state index contributed by atoms with van der Waals surface area (Å²) in [7, 11) is -15.9. The van der Waals surface area contributed by atoms with Crippen molar-refractivity contribution in [3.63, 3.8) is 0 Å². The van der Waals surface area contributed by atoms with Gasteiger partial charge in [-0.25, -0.2) is 9.59 Å². The van der Waals surface area contributed by atoms with Crippen molar-refractivity contribution in [1.82, 2.24) is 0 Å². The number of aliphatic hydroxyl groups is 1. The Labute approximate surface area is 434 Å². The highest BCUT2D eigenvalue weighted by Gasteiger charge is 2.45. The van der Waals surface area contributed by atoms with E-state index in [0.29, 0.717) is 24.3 Å². The van der Waals surface area contributed by atoms with Crippen LogP contribution in [0.4, 0.5) is 0 Å². The monoisotopic (exact) mass is 1120 g/mol. The highest BCUT2D eigenvalue weighted by molar-refractivity contribution is 6.90. The van der Waals surface area contributed by atoms with Crippen LogP contribution in [0.3, 0.4) is 0 Å². The largest absolute Gasteiger partial charge is 0.870 e. The average molecular weight is 1120 g/mol. The van der Waals surface area contributed by atoms with E-state index in [1.165, 1.54) is 0 Å². The van der Waals surface area contributed by atoms with Crippen LogP contribution >= 0.6 is 0 Å². The molecule has 2 aromatic carbocycles. The van der Waals surface area contributed by atoms with Crippen molar-refractivity contribution >= 4 is 79.5 Å². The summed E-state index contributed by atoms with van der Waals surface area (Å²) in [6, 6.07) is 19.3. The van der Waals surface area contributed by atoms with Gasteiger partial charge in [-0.05, 0) is 206 Å². The molecule has 0 spiro atoms. The Bertz CT molecular complexity index is 1670. The first-order chi connectivity index (χ1) is 31.6. The van der Waals surface area contributed by atoms with Crippen molar-refractivity contribution in [3.8, 4) is 0 Å². The first-order valence-corrected chi connectivity index (χ1v) is 49.4. The summed E-state index contributed by atoms with van der Waals surface area (Å²) in [6.45, 7) is 43.3. The molecular weight excluding hydrogens is 1030 g/mol. The second-order valence-corrected chi connectivity index (χ2v) is 55.5. The van der Waals surface area contributed by atoms with E-state index in [1.807, 2.05) is 18.2 Å². The summed E-state index contributed by atoms with van der Waals surface area (Å²) in [5.74, 6) is -1.14. The van der Waals surface area contributed by atoms with Gasteiger partial charge in [0.2, 0.25) is 0 Å². The number of ether oxygens (including phenoxy) is 3. The van der Waals surface area contributed by atoms with E-state index >= 15 is 0 Å². The topological polar surface area (TPSA) is 188 Å². The highest BCUT2D eigenvalue weighted by atomic mass is 28.5. The number of carboxylic acids is 1.